The van der Waals surface area contributed by atoms with Gasteiger partial charge in [0.2, 0.25) is 0 Å². The molecule has 1 unspecified atom stereocenters. The standard InChI is InChI=1S/C22H17N3O2S/c26-21(24-17-9-11-27-19-6-2-1-5-16(17)19)14-7-8-18-20(12-14)28-22(25-18)15-4-3-10-23-13-15/h1-8,10,12-13,17H,9,11H2,(H,24,26). The van der Waals surface area contributed by atoms with Gasteiger partial charge in [0.1, 0.15) is 10.8 Å². The largest absolute Gasteiger partial charge is 0.493 e. The molecule has 1 aliphatic heterocycles. The van der Waals surface area contributed by atoms with Crippen molar-refractivity contribution in [3.63, 3.8) is 0 Å². The van der Waals surface area contributed by atoms with Crippen molar-refractivity contribution in [3.8, 4) is 16.3 Å². The minimum atomic E-state index is -0.0834. The third kappa shape index (κ3) is 3.12. The Balaban J connectivity index is 1.41. The third-order valence-corrected chi connectivity index (χ3v) is 5.89. The van der Waals surface area contributed by atoms with E-state index in [4.69, 9.17) is 4.74 Å². The summed E-state index contributed by atoms with van der Waals surface area (Å²) < 4.78 is 6.67. The highest BCUT2D eigenvalue weighted by molar-refractivity contribution is 7.21. The van der Waals surface area contributed by atoms with E-state index in [0.29, 0.717) is 12.2 Å². The number of nitrogens with zero attached hydrogens (tertiary/aromatic N) is 2. The number of carbonyl (C=O) groups is 1. The average Bonchev–Trinajstić information content (AvgIpc) is 3.18. The Hall–Kier alpha value is -3.25. The van der Waals surface area contributed by atoms with E-state index in [2.05, 4.69) is 15.3 Å². The molecule has 0 radical (unpaired) electrons. The number of aromatic nitrogens is 2. The van der Waals surface area contributed by atoms with Gasteiger partial charge >= 0.3 is 0 Å². The molecule has 0 saturated carbocycles. The average molecular weight is 387 g/mol. The normalized spacial score (nSPS) is 15.6. The minimum absolute atomic E-state index is 0.0411. The lowest BCUT2D eigenvalue weighted by atomic mass is 10.00. The predicted octanol–water partition coefficient (Wildman–Crippen LogP) is 4.61. The van der Waals surface area contributed by atoms with Gasteiger partial charge in [-0.2, -0.15) is 0 Å². The molecule has 138 valence electrons. The number of hydrogen-bond donors (Lipinski definition) is 1. The molecule has 1 amide bonds. The Bertz CT molecular complexity index is 1160. The first-order valence-corrected chi connectivity index (χ1v) is 9.93. The Morgan fingerprint density at radius 1 is 1.14 bits per heavy atom. The summed E-state index contributed by atoms with van der Waals surface area (Å²) >= 11 is 1.57. The topological polar surface area (TPSA) is 64.1 Å². The molecule has 0 aliphatic carbocycles. The zero-order valence-electron chi connectivity index (χ0n) is 15.0. The lowest BCUT2D eigenvalue weighted by Crippen LogP contribution is -2.32. The molecule has 1 atom stereocenters. The highest BCUT2D eigenvalue weighted by Crippen LogP contribution is 2.33. The lowest BCUT2D eigenvalue weighted by Gasteiger charge is -2.26. The zero-order valence-corrected chi connectivity index (χ0v) is 15.8. The highest BCUT2D eigenvalue weighted by atomic mass is 32.1. The van der Waals surface area contributed by atoms with Crippen LogP contribution in [-0.2, 0) is 0 Å². The van der Waals surface area contributed by atoms with E-state index in [9.17, 15) is 4.79 Å². The first kappa shape index (κ1) is 16.9. The number of rotatable bonds is 3. The van der Waals surface area contributed by atoms with E-state index in [1.807, 2.05) is 54.6 Å². The summed E-state index contributed by atoms with van der Waals surface area (Å²) in [6, 6.07) is 17.3. The van der Waals surface area contributed by atoms with E-state index in [1.165, 1.54) is 0 Å². The monoisotopic (exact) mass is 387 g/mol. The maximum Gasteiger partial charge on any atom is 0.251 e. The third-order valence-electron chi connectivity index (χ3n) is 4.82. The van der Waals surface area contributed by atoms with E-state index in [-0.39, 0.29) is 11.9 Å². The Morgan fingerprint density at radius 2 is 2.07 bits per heavy atom. The van der Waals surface area contributed by atoms with Crippen LogP contribution >= 0.6 is 11.3 Å². The highest BCUT2D eigenvalue weighted by Gasteiger charge is 2.23. The van der Waals surface area contributed by atoms with Gasteiger partial charge < -0.3 is 10.1 Å². The molecule has 5 rings (SSSR count). The van der Waals surface area contributed by atoms with Gasteiger partial charge in [-0.05, 0) is 36.4 Å². The number of para-hydroxylation sites is 1. The zero-order chi connectivity index (χ0) is 18.9. The summed E-state index contributed by atoms with van der Waals surface area (Å²) in [6.45, 7) is 0.601. The van der Waals surface area contributed by atoms with Gasteiger partial charge in [0.05, 0.1) is 22.9 Å². The number of fused-ring (bicyclic) bond motifs is 2. The summed E-state index contributed by atoms with van der Waals surface area (Å²) in [4.78, 5) is 21.7. The van der Waals surface area contributed by atoms with Crippen LogP contribution < -0.4 is 10.1 Å². The van der Waals surface area contributed by atoms with Crippen LogP contribution in [0, 0.1) is 0 Å². The van der Waals surface area contributed by atoms with Gasteiger partial charge in [-0.25, -0.2) is 4.98 Å². The quantitative estimate of drug-likeness (QED) is 0.557. The molecule has 0 fully saturated rings. The van der Waals surface area contributed by atoms with Crippen molar-refractivity contribution in [1.29, 1.82) is 0 Å². The number of ether oxygens (including phenoxy) is 1. The van der Waals surface area contributed by atoms with Crippen molar-refractivity contribution in [3.05, 3.63) is 78.1 Å². The van der Waals surface area contributed by atoms with Gasteiger partial charge in [-0.1, -0.05) is 18.2 Å². The second kappa shape index (κ2) is 7.05. The van der Waals surface area contributed by atoms with Crippen LogP contribution in [0.3, 0.4) is 0 Å². The van der Waals surface area contributed by atoms with Gasteiger partial charge in [0.25, 0.3) is 5.91 Å². The fourth-order valence-corrected chi connectivity index (χ4v) is 4.41. The number of pyridine rings is 1. The molecule has 3 heterocycles. The van der Waals surface area contributed by atoms with Gasteiger partial charge in [0.15, 0.2) is 0 Å². The summed E-state index contributed by atoms with van der Waals surface area (Å²) in [5, 5.41) is 4.05. The fraction of sp³-hybridized carbons (Fsp3) is 0.136. The van der Waals surface area contributed by atoms with E-state index in [0.717, 1.165) is 38.5 Å². The SMILES string of the molecule is O=C(NC1CCOc2ccccc21)c1ccc2nc(-c3cccnc3)sc2c1. The van der Waals surface area contributed by atoms with Crippen LogP contribution in [0.15, 0.2) is 67.0 Å². The summed E-state index contributed by atoms with van der Waals surface area (Å²) in [7, 11) is 0. The number of thiazole rings is 1. The smallest absolute Gasteiger partial charge is 0.251 e. The van der Waals surface area contributed by atoms with Gasteiger partial charge in [-0.15, -0.1) is 11.3 Å². The molecule has 0 bridgehead atoms. The molecule has 1 aliphatic rings. The molecule has 6 heteroatoms. The van der Waals surface area contributed by atoms with Crippen LogP contribution in [0.25, 0.3) is 20.8 Å². The molecule has 28 heavy (non-hydrogen) atoms. The lowest BCUT2D eigenvalue weighted by molar-refractivity contribution is 0.0925. The van der Waals surface area contributed by atoms with Crippen molar-refractivity contribution < 1.29 is 9.53 Å². The molecule has 2 aromatic carbocycles. The number of amides is 1. The summed E-state index contributed by atoms with van der Waals surface area (Å²) in [5.74, 6) is 0.762. The first-order valence-electron chi connectivity index (χ1n) is 9.11. The first-order chi connectivity index (χ1) is 13.8. The maximum atomic E-state index is 12.9. The van der Waals surface area contributed by atoms with E-state index < -0.39 is 0 Å². The van der Waals surface area contributed by atoms with Crippen LogP contribution in [0.1, 0.15) is 28.4 Å². The molecular formula is C22H17N3O2S. The van der Waals surface area contributed by atoms with Crippen LogP contribution in [0.4, 0.5) is 0 Å². The van der Waals surface area contributed by atoms with E-state index >= 15 is 0 Å². The number of carbonyl (C=O) groups excluding carboxylic acids is 1. The van der Waals surface area contributed by atoms with Crippen LogP contribution in [0.5, 0.6) is 5.75 Å². The predicted molar refractivity (Wildman–Crippen MR) is 110 cm³/mol. The van der Waals surface area contributed by atoms with E-state index in [1.54, 1.807) is 23.7 Å². The van der Waals surface area contributed by atoms with Crippen molar-refractivity contribution >= 4 is 27.5 Å². The van der Waals surface area contributed by atoms with Crippen molar-refractivity contribution in [2.45, 2.75) is 12.5 Å². The van der Waals surface area contributed by atoms with Crippen LogP contribution in [0.2, 0.25) is 0 Å². The number of hydrogen-bond acceptors (Lipinski definition) is 5. The molecule has 2 aromatic heterocycles. The molecule has 4 aromatic rings. The number of nitrogens with one attached hydrogen (secondary N) is 1. The summed E-state index contributed by atoms with van der Waals surface area (Å²) in [6.07, 6.45) is 4.30. The van der Waals surface area contributed by atoms with Crippen LogP contribution in [-0.4, -0.2) is 22.5 Å². The number of benzene rings is 2. The second-order valence-corrected chi connectivity index (χ2v) is 7.67. The summed E-state index contributed by atoms with van der Waals surface area (Å²) in [5.41, 5.74) is 3.53. The molecule has 0 saturated heterocycles. The van der Waals surface area contributed by atoms with Crippen molar-refractivity contribution in [1.82, 2.24) is 15.3 Å². The molecule has 5 nitrogen and oxygen atoms in total. The fourth-order valence-electron chi connectivity index (χ4n) is 3.41. The maximum absolute atomic E-state index is 12.9. The molecule has 0 spiro atoms. The van der Waals surface area contributed by atoms with Crippen molar-refractivity contribution in [2.24, 2.45) is 0 Å². The molecule has 1 N–H and O–H groups in total. The Kier molecular flexibility index (Phi) is 4.25. The van der Waals surface area contributed by atoms with Crippen molar-refractivity contribution in [2.75, 3.05) is 6.61 Å². The Morgan fingerprint density at radius 3 is 2.96 bits per heavy atom. The molecular weight excluding hydrogens is 370 g/mol. The minimum Gasteiger partial charge on any atom is -0.493 e. The van der Waals surface area contributed by atoms with Gasteiger partial charge in [0, 0.05) is 35.5 Å². The Labute approximate surface area is 166 Å². The second-order valence-electron chi connectivity index (χ2n) is 6.64. The van der Waals surface area contributed by atoms with Gasteiger partial charge in [-0.3, -0.25) is 9.78 Å².